The largest absolute Gasteiger partial charge is 0.463 e. The lowest BCUT2D eigenvalue weighted by atomic mass is 10.1. The van der Waals surface area contributed by atoms with E-state index in [1.54, 1.807) is 0 Å². The van der Waals surface area contributed by atoms with Crippen LogP contribution in [-0.2, 0) is 14.3 Å². The Morgan fingerprint density at radius 1 is 1.31 bits per heavy atom. The third kappa shape index (κ3) is 5.13. The van der Waals surface area contributed by atoms with Gasteiger partial charge in [-0.05, 0) is 12.8 Å². The number of aromatic amines is 1. The highest BCUT2D eigenvalue weighted by Gasteiger charge is 2.44. The molecule has 1 aliphatic rings. The first-order valence-electron chi connectivity index (χ1n) is 8.57. The number of aliphatic hydroxyl groups is 2. The summed E-state index contributed by atoms with van der Waals surface area (Å²) in [5, 5.41) is 20.1. The van der Waals surface area contributed by atoms with Gasteiger partial charge in [0.15, 0.2) is 6.23 Å². The molecule has 0 amide bonds. The summed E-state index contributed by atoms with van der Waals surface area (Å²) in [7, 11) is 0. The van der Waals surface area contributed by atoms with Crippen LogP contribution in [0, 0.1) is 0 Å². The van der Waals surface area contributed by atoms with Gasteiger partial charge < -0.3 is 19.7 Å². The number of carbonyl (C=O) groups is 1. The molecule has 0 spiro atoms. The molecule has 26 heavy (non-hydrogen) atoms. The summed E-state index contributed by atoms with van der Waals surface area (Å²) < 4.78 is 11.5. The van der Waals surface area contributed by atoms with Gasteiger partial charge in [0.2, 0.25) is 0 Å². The SMILES string of the molecule is CCCC=CCCC(=O)OC[C@H]1O[C@@H](n2ccc(=O)[nH]c2=O)[C@H](O)[C@@H]1O. The Bertz CT molecular complexity index is 739. The first kappa shape index (κ1) is 20.1. The molecule has 1 fully saturated rings. The van der Waals surface area contributed by atoms with Crippen molar-refractivity contribution in [2.45, 2.75) is 57.1 Å². The highest BCUT2D eigenvalue weighted by atomic mass is 16.6. The number of carbonyl (C=O) groups excluding carboxylic acids is 1. The molecule has 1 saturated heterocycles. The molecule has 0 bridgehead atoms. The normalized spacial score (nSPS) is 25.7. The summed E-state index contributed by atoms with van der Waals surface area (Å²) in [6.07, 6.45) is 2.94. The number of H-pyrrole nitrogens is 1. The number of allylic oxidation sites excluding steroid dienone is 2. The Balaban J connectivity index is 1.88. The predicted octanol–water partition coefficient (Wildman–Crippen LogP) is -0.164. The summed E-state index contributed by atoms with van der Waals surface area (Å²) in [5.41, 5.74) is -1.36. The first-order valence-corrected chi connectivity index (χ1v) is 8.57. The average Bonchev–Trinajstić information content (AvgIpc) is 2.88. The Morgan fingerprint density at radius 2 is 2.04 bits per heavy atom. The number of rotatable bonds is 8. The maximum atomic E-state index is 11.8. The van der Waals surface area contributed by atoms with E-state index in [1.165, 1.54) is 6.20 Å². The molecule has 0 unspecified atom stereocenters. The van der Waals surface area contributed by atoms with Gasteiger partial charge in [-0.25, -0.2) is 4.79 Å². The van der Waals surface area contributed by atoms with E-state index in [4.69, 9.17) is 9.47 Å². The maximum absolute atomic E-state index is 11.8. The highest BCUT2D eigenvalue weighted by Crippen LogP contribution is 2.28. The lowest BCUT2D eigenvalue weighted by molar-refractivity contribution is -0.150. The van der Waals surface area contributed by atoms with Gasteiger partial charge in [-0.2, -0.15) is 0 Å². The summed E-state index contributed by atoms with van der Waals surface area (Å²) in [4.78, 5) is 36.6. The third-order valence-electron chi connectivity index (χ3n) is 4.01. The number of ether oxygens (including phenoxy) is 2. The van der Waals surface area contributed by atoms with E-state index in [0.29, 0.717) is 6.42 Å². The summed E-state index contributed by atoms with van der Waals surface area (Å²) in [5.74, 6) is -0.443. The van der Waals surface area contributed by atoms with Crippen LogP contribution < -0.4 is 11.2 Å². The van der Waals surface area contributed by atoms with Crippen LogP contribution in [0.3, 0.4) is 0 Å². The smallest absolute Gasteiger partial charge is 0.330 e. The fourth-order valence-corrected chi connectivity index (χ4v) is 2.58. The lowest BCUT2D eigenvalue weighted by Gasteiger charge is -2.16. The monoisotopic (exact) mass is 368 g/mol. The molecule has 0 aromatic carbocycles. The molecule has 1 aromatic rings. The molecule has 9 nitrogen and oxygen atoms in total. The molecule has 2 rings (SSSR count). The second-order valence-corrected chi connectivity index (χ2v) is 6.05. The van der Waals surface area contributed by atoms with Crippen LogP contribution >= 0.6 is 0 Å². The standard InChI is InChI=1S/C17H24N2O7/c1-2-3-4-5-6-7-13(21)25-10-11-14(22)15(23)16(26-11)19-9-8-12(20)18-17(19)24/h4-5,8-9,11,14-16,22-23H,2-3,6-7,10H2,1H3,(H,18,20,24)/t11-,14-,15-,16-/m1/s1. The number of hydrogen-bond donors (Lipinski definition) is 3. The zero-order valence-corrected chi connectivity index (χ0v) is 14.5. The molecule has 0 saturated carbocycles. The van der Waals surface area contributed by atoms with Gasteiger partial charge in [0, 0.05) is 18.7 Å². The van der Waals surface area contributed by atoms with E-state index in [2.05, 4.69) is 6.92 Å². The van der Waals surface area contributed by atoms with Gasteiger partial charge >= 0.3 is 11.7 Å². The van der Waals surface area contributed by atoms with Gasteiger partial charge in [-0.1, -0.05) is 25.5 Å². The minimum Gasteiger partial charge on any atom is -0.463 e. The van der Waals surface area contributed by atoms with Crippen molar-refractivity contribution in [2.24, 2.45) is 0 Å². The van der Waals surface area contributed by atoms with Crippen LogP contribution in [0.1, 0.15) is 38.8 Å². The first-order chi connectivity index (χ1) is 12.4. The maximum Gasteiger partial charge on any atom is 0.330 e. The van der Waals surface area contributed by atoms with Crippen molar-refractivity contribution < 1.29 is 24.5 Å². The molecule has 0 aliphatic carbocycles. The predicted molar refractivity (Wildman–Crippen MR) is 91.5 cm³/mol. The molecule has 9 heteroatoms. The lowest BCUT2D eigenvalue weighted by Crippen LogP contribution is -2.37. The van der Waals surface area contributed by atoms with Crippen LogP contribution in [0.4, 0.5) is 0 Å². The van der Waals surface area contributed by atoms with Crippen molar-refractivity contribution in [3.8, 4) is 0 Å². The van der Waals surface area contributed by atoms with E-state index < -0.39 is 41.8 Å². The second-order valence-electron chi connectivity index (χ2n) is 6.05. The number of nitrogens with zero attached hydrogens (tertiary/aromatic N) is 1. The molecule has 4 atom stereocenters. The van der Waals surface area contributed by atoms with Crippen molar-refractivity contribution in [2.75, 3.05) is 6.61 Å². The quantitative estimate of drug-likeness (QED) is 0.429. The summed E-state index contributed by atoms with van der Waals surface area (Å²) >= 11 is 0. The van der Waals surface area contributed by atoms with Crippen LogP contribution in [0.5, 0.6) is 0 Å². The Morgan fingerprint density at radius 3 is 2.73 bits per heavy atom. The zero-order chi connectivity index (χ0) is 19.1. The Hall–Kier alpha value is -2.23. The summed E-state index contributed by atoms with van der Waals surface area (Å²) in [6.45, 7) is 1.82. The van der Waals surface area contributed by atoms with E-state index in [9.17, 15) is 24.6 Å². The molecule has 144 valence electrons. The van der Waals surface area contributed by atoms with Crippen molar-refractivity contribution in [3.63, 3.8) is 0 Å². The number of hydrogen-bond acceptors (Lipinski definition) is 7. The highest BCUT2D eigenvalue weighted by molar-refractivity contribution is 5.69. The van der Waals surface area contributed by atoms with E-state index >= 15 is 0 Å². The molecule has 1 aromatic heterocycles. The molecule has 1 aliphatic heterocycles. The van der Waals surface area contributed by atoms with Crippen molar-refractivity contribution in [1.82, 2.24) is 9.55 Å². The van der Waals surface area contributed by atoms with E-state index in [-0.39, 0.29) is 13.0 Å². The van der Waals surface area contributed by atoms with Crippen LogP contribution in [0.15, 0.2) is 34.0 Å². The third-order valence-corrected chi connectivity index (χ3v) is 4.01. The van der Waals surface area contributed by atoms with Crippen LogP contribution in [-0.4, -0.2) is 50.7 Å². The van der Waals surface area contributed by atoms with Gasteiger partial charge in [0.25, 0.3) is 5.56 Å². The molecule has 2 heterocycles. The van der Waals surface area contributed by atoms with Gasteiger partial charge in [0.05, 0.1) is 0 Å². The number of nitrogens with one attached hydrogen (secondary N) is 1. The summed E-state index contributed by atoms with van der Waals surface area (Å²) in [6, 6.07) is 1.10. The van der Waals surface area contributed by atoms with Crippen molar-refractivity contribution in [1.29, 1.82) is 0 Å². The van der Waals surface area contributed by atoms with Gasteiger partial charge in [-0.15, -0.1) is 0 Å². The fraction of sp³-hybridized carbons (Fsp3) is 0.588. The van der Waals surface area contributed by atoms with Crippen molar-refractivity contribution in [3.05, 3.63) is 45.3 Å². The Kier molecular flexibility index (Phi) is 7.31. The minimum absolute atomic E-state index is 0.203. The minimum atomic E-state index is -1.40. The number of aliphatic hydroxyl groups excluding tert-OH is 2. The second kappa shape index (κ2) is 9.46. The number of aromatic nitrogens is 2. The number of unbranched alkanes of at least 4 members (excludes halogenated alkanes) is 1. The number of esters is 1. The zero-order valence-electron chi connectivity index (χ0n) is 14.5. The Labute approximate surface area is 149 Å². The molecule has 0 radical (unpaired) electrons. The fourth-order valence-electron chi connectivity index (χ4n) is 2.58. The van der Waals surface area contributed by atoms with E-state index in [1.807, 2.05) is 17.1 Å². The van der Waals surface area contributed by atoms with Crippen LogP contribution in [0.25, 0.3) is 0 Å². The van der Waals surface area contributed by atoms with Gasteiger partial charge in [-0.3, -0.25) is 19.1 Å². The molecule has 3 N–H and O–H groups in total. The topological polar surface area (TPSA) is 131 Å². The average molecular weight is 368 g/mol. The molecular formula is C17H24N2O7. The van der Waals surface area contributed by atoms with Gasteiger partial charge in [0.1, 0.15) is 24.9 Å². The molecular weight excluding hydrogens is 344 g/mol. The van der Waals surface area contributed by atoms with Crippen LogP contribution in [0.2, 0.25) is 0 Å². The van der Waals surface area contributed by atoms with E-state index in [0.717, 1.165) is 23.5 Å². The van der Waals surface area contributed by atoms with Crippen molar-refractivity contribution >= 4 is 5.97 Å².